The summed E-state index contributed by atoms with van der Waals surface area (Å²) in [5, 5.41) is 2.26. The second-order valence-electron chi connectivity index (χ2n) is 6.05. The predicted molar refractivity (Wildman–Crippen MR) is 102 cm³/mol. The second-order valence-corrected chi connectivity index (χ2v) is 6.05. The van der Waals surface area contributed by atoms with Crippen molar-refractivity contribution in [3.05, 3.63) is 85.2 Å². The molecule has 0 radical (unpaired) electrons. The largest absolute Gasteiger partial charge is 0.361 e. The highest BCUT2D eigenvalue weighted by molar-refractivity contribution is 5.99. The number of para-hydroxylation sites is 2. The van der Waals surface area contributed by atoms with E-state index in [1.165, 1.54) is 10.9 Å². The van der Waals surface area contributed by atoms with Gasteiger partial charge in [0.25, 0.3) is 0 Å². The standard InChI is InChI=1S/C22H15N3/c1-5-11-20-15(7-1)13-24-22(25-20)18-10-3-2-8-16(18)19-14-23-21-12-6-4-9-17(19)21/h1-14,23H. The Morgan fingerprint density at radius 1 is 0.680 bits per heavy atom. The zero-order chi connectivity index (χ0) is 16.6. The third-order valence-electron chi connectivity index (χ3n) is 4.54. The van der Waals surface area contributed by atoms with Gasteiger partial charge in [0.05, 0.1) is 5.52 Å². The maximum absolute atomic E-state index is 4.77. The normalized spacial score (nSPS) is 11.2. The molecule has 0 aliphatic heterocycles. The van der Waals surface area contributed by atoms with Crippen LogP contribution in [0.3, 0.4) is 0 Å². The van der Waals surface area contributed by atoms with Crippen molar-refractivity contribution in [1.82, 2.24) is 15.0 Å². The number of fused-ring (bicyclic) bond motifs is 2. The van der Waals surface area contributed by atoms with Crippen LogP contribution in [0.25, 0.3) is 44.3 Å². The molecule has 0 unspecified atom stereocenters. The number of hydrogen-bond donors (Lipinski definition) is 1. The molecule has 5 aromatic rings. The molecule has 0 bridgehead atoms. The van der Waals surface area contributed by atoms with Crippen molar-refractivity contribution in [1.29, 1.82) is 0 Å². The Morgan fingerprint density at radius 3 is 2.40 bits per heavy atom. The van der Waals surface area contributed by atoms with Gasteiger partial charge in [-0.15, -0.1) is 0 Å². The highest BCUT2D eigenvalue weighted by Crippen LogP contribution is 2.35. The second kappa shape index (κ2) is 5.56. The minimum Gasteiger partial charge on any atom is -0.361 e. The average Bonchev–Trinajstić information content (AvgIpc) is 3.12. The molecule has 0 fully saturated rings. The fraction of sp³-hybridized carbons (Fsp3) is 0. The highest BCUT2D eigenvalue weighted by atomic mass is 14.9. The number of H-pyrrole nitrogens is 1. The molecule has 1 N–H and O–H groups in total. The van der Waals surface area contributed by atoms with E-state index >= 15 is 0 Å². The summed E-state index contributed by atoms with van der Waals surface area (Å²) in [6, 6.07) is 24.7. The lowest BCUT2D eigenvalue weighted by molar-refractivity contribution is 1.23. The van der Waals surface area contributed by atoms with E-state index < -0.39 is 0 Å². The van der Waals surface area contributed by atoms with Crippen molar-refractivity contribution in [2.45, 2.75) is 0 Å². The fourth-order valence-corrected chi connectivity index (χ4v) is 3.31. The minimum absolute atomic E-state index is 0.750. The monoisotopic (exact) mass is 321 g/mol. The van der Waals surface area contributed by atoms with Crippen LogP contribution in [0.1, 0.15) is 0 Å². The molecule has 2 aromatic heterocycles. The summed E-state index contributed by atoms with van der Waals surface area (Å²) in [4.78, 5) is 12.7. The summed E-state index contributed by atoms with van der Waals surface area (Å²) in [6.07, 6.45) is 3.95. The highest BCUT2D eigenvalue weighted by Gasteiger charge is 2.13. The van der Waals surface area contributed by atoms with Gasteiger partial charge in [0.2, 0.25) is 0 Å². The smallest absolute Gasteiger partial charge is 0.160 e. The minimum atomic E-state index is 0.750. The molecule has 0 aliphatic rings. The molecule has 25 heavy (non-hydrogen) atoms. The average molecular weight is 321 g/mol. The summed E-state index contributed by atoms with van der Waals surface area (Å²) in [5.41, 5.74) is 5.43. The van der Waals surface area contributed by atoms with Gasteiger partial charge in [-0.25, -0.2) is 9.97 Å². The summed E-state index contributed by atoms with van der Waals surface area (Å²) in [6.45, 7) is 0. The van der Waals surface area contributed by atoms with Crippen molar-refractivity contribution in [2.75, 3.05) is 0 Å². The van der Waals surface area contributed by atoms with Crippen LogP contribution >= 0.6 is 0 Å². The number of nitrogens with zero attached hydrogens (tertiary/aromatic N) is 2. The van der Waals surface area contributed by atoms with Crippen molar-refractivity contribution >= 4 is 21.8 Å². The van der Waals surface area contributed by atoms with Crippen LogP contribution in [0.2, 0.25) is 0 Å². The molecule has 3 heteroatoms. The van der Waals surface area contributed by atoms with Gasteiger partial charge in [0.1, 0.15) is 0 Å². The van der Waals surface area contributed by atoms with E-state index in [9.17, 15) is 0 Å². The summed E-state index contributed by atoms with van der Waals surface area (Å²) in [7, 11) is 0. The SMILES string of the molecule is c1ccc(-c2c[nH]c3ccccc23)c(-c2ncc3ccccc3n2)c1. The molecule has 0 amide bonds. The molecule has 118 valence electrons. The first-order valence-electron chi connectivity index (χ1n) is 8.28. The van der Waals surface area contributed by atoms with E-state index in [-0.39, 0.29) is 0 Å². The maximum atomic E-state index is 4.77. The van der Waals surface area contributed by atoms with Crippen molar-refractivity contribution in [3.8, 4) is 22.5 Å². The van der Waals surface area contributed by atoms with E-state index in [1.807, 2.05) is 42.6 Å². The Kier molecular flexibility index (Phi) is 3.10. The molecule has 0 saturated heterocycles. The van der Waals surface area contributed by atoms with Crippen LogP contribution in [0.4, 0.5) is 0 Å². The number of aromatic nitrogens is 3. The Bertz CT molecular complexity index is 1200. The molecule has 3 nitrogen and oxygen atoms in total. The molecule has 0 saturated carbocycles. The quantitative estimate of drug-likeness (QED) is 0.470. The Labute approximate surface area is 145 Å². The Morgan fingerprint density at radius 2 is 1.44 bits per heavy atom. The first-order chi connectivity index (χ1) is 12.4. The van der Waals surface area contributed by atoms with Crippen LogP contribution < -0.4 is 0 Å². The maximum Gasteiger partial charge on any atom is 0.160 e. The molecule has 0 spiro atoms. The lowest BCUT2D eigenvalue weighted by Gasteiger charge is -2.08. The summed E-state index contributed by atoms with van der Waals surface area (Å²) in [5.74, 6) is 0.750. The molecule has 0 aliphatic carbocycles. The number of hydrogen-bond acceptors (Lipinski definition) is 2. The van der Waals surface area contributed by atoms with Crippen LogP contribution in [-0.2, 0) is 0 Å². The van der Waals surface area contributed by atoms with Crippen molar-refractivity contribution in [2.24, 2.45) is 0 Å². The van der Waals surface area contributed by atoms with Crippen LogP contribution in [0.15, 0.2) is 85.2 Å². The number of benzene rings is 3. The molecule has 2 heterocycles. The van der Waals surface area contributed by atoms with E-state index in [2.05, 4.69) is 52.6 Å². The van der Waals surface area contributed by atoms with E-state index in [4.69, 9.17) is 4.98 Å². The first kappa shape index (κ1) is 13.9. The van der Waals surface area contributed by atoms with Gasteiger partial charge in [-0.05, 0) is 17.7 Å². The lowest BCUT2D eigenvalue weighted by atomic mass is 9.98. The van der Waals surface area contributed by atoms with Gasteiger partial charge >= 0.3 is 0 Å². The fourth-order valence-electron chi connectivity index (χ4n) is 3.31. The zero-order valence-corrected chi connectivity index (χ0v) is 13.5. The summed E-state index contributed by atoms with van der Waals surface area (Å²) < 4.78 is 0. The number of aromatic amines is 1. The third kappa shape index (κ3) is 2.29. The predicted octanol–water partition coefficient (Wildman–Crippen LogP) is 5.45. The van der Waals surface area contributed by atoms with Crippen LogP contribution in [0.5, 0.6) is 0 Å². The molecule has 3 aromatic carbocycles. The van der Waals surface area contributed by atoms with Gasteiger partial charge in [-0.3, -0.25) is 0 Å². The first-order valence-corrected chi connectivity index (χ1v) is 8.28. The van der Waals surface area contributed by atoms with Gasteiger partial charge in [-0.1, -0.05) is 60.7 Å². The van der Waals surface area contributed by atoms with Crippen LogP contribution in [0, 0.1) is 0 Å². The van der Waals surface area contributed by atoms with E-state index in [1.54, 1.807) is 0 Å². The molecule has 0 atom stereocenters. The van der Waals surface area contributed by atoms with Gasteiger partial charge < -0.3 is 4.98 Å². The van der Waals surface area contributed by atoms with Gasteiger partial charge in [0.15, 0.2) is 5.82 Å². The molecular weight excluding hydrogens is 306 g/mol. The van der Waals surface area contributed by atoms with Gasteiger partial charge in [0, 0.05) is 39.8 Å². The lowest BCUT2D eigenvalue weighted by Crippen LogP contribution is -1.92. The number of rotatable bonds is 2. The van der Waals surface area contributed by atoms with E-state index in [0.717, 1.165) is 33.4 Å². The van der Waals surface area contributed by atoms with Crippen molar-refractivity contribution < 1.29 is 0 Å². The summed E-state index contributed by atoms with van der Waals surface area (Å²) >= 11 is 0. The molecule has 5 rings (SSSR count). The zero-order valence-electron chi connectivity index (χ0n) is 13.5. The van der Waals surface area contributed by atoms with E-state index in [0.29, 0.717) is 0 Å². The number of nitrogens with one attached hydrogen (secondary N) is 1. The van der Waals surface area contributed by atoms with Gasteiger partial charge in [-0.2, -0.15) is 0 Å². The topological polar surface area (TPSA) is 41.6 Å². The third-order valence-corrected chi connectivity index (χ3v) is 4.54. The van der Waals surface area contributed by atoms with Crippen molar-refractivity contribution in [3.63, 3.8) is 0 Å². The van der Waals surface area contributed by atoms with Crippen LogP contribution in [-0.4, -0.2) is 15.0 Å². The Balaban J connectivity index is 1.75. The Hall–Kier alpha value is -3.46. The molecular formula is C22H15N3.